The minimum Gasteiger partial charge on any atom is -0.338 e. The Kier molecular flexibility index (Phi) is 3.03. The number of para-hydroxylation sites is 1. The van der Waals surface area contributed by atoms with Gasteiger partial charge in [0.25, 0.3) is 0 Å². The lowest BCUT2D eigenvalue weighted by molar-refractivity contribution is 0.602. The molecule has 0 amide bonds. The zero-order chi connectivity index (χ0) is 14.3. The Hall–Kier alpha value is -1.85. The molecule has 0 aliphatic carbocycles. The van der Waals surface area contributed by atoms with E-state index in [1.54, 1.807) is 30.3 Å². The van der Waals surface area contributed by atoms with Crippen LogP contribution in [0.2, 0.25) is 5.02 Å². The van der Waals surface area contributed by atoms with Crippen molar-refractivity contribution in [1.82, 2.24) is 9.97 Å². The molecule has 0 aliphatic rings. The van der Waals surface area contributed by atoms with Gasteiger partial charge in [0, 0.05) is 11.8 Å². The number of benzene rings is 2. The Morgan fingerprint density at radius 3 is 2.60 bits per heavy atom. The van der Waals surface area contributed by atoms with Gasteiger partial charge in [-0.25, -0.2) is 13.4 Å². The summed E-state index contributed by atoms with van der Waals surface area (Å²) in [4.78, 5) is 7.83. The largest absolute Gasteiger partial charge is 0.338 e. The van der Waals surface area contributed by atoms with Gasteiger partial charge in [-0.15, -0.1) is 0 Å². The second kappa shape index (κ2) is 4.61. The molecule has 0 radical (unpaired) electrons. The molecule has 0 spiro atoms. The number of nitrogens with zero attached hydrogens (tertiary/aromatic N) is 1. The Balaban J connectivity index is 2.19. The number of sulfone groups is 1. The van der Waals surface area contributed by atoms with Gasteiger partial charge in [0.15, 0.2) is 9.84 Å². The van der Waals surface area contributed by atoms with Crippen LogP contribution in [0.25, 0.3) is 22.4 Å². The van der Waals surface area contributed by atoms with Crippen molar-refractivity contribution in [3.05, 3.63) is 47.5 Å². The molecule has 0 saturated heterocycles. The molecule has 0 atom stereocenters. The zero-order valence-corrected chi connectivity index (χ0v) is 12.2. The van der Waals surface area contributed by atoms with Crippen molar-refractivity contribution in [3.63, 3.8) is 0 Å². The first-order chi connectivity index (χ1) is 9.45. The molecule has 4 nitrogen and oxygen atoms in total. The minimum absolute atomic E-state index is 0.265. The average Bonchev–Trinajstić information content (AvgIpc) is 2.83. The van der Waals surface area contributed by atoms with Crippen LogP contribution in [0, 0.1) is 0 Å². The van der Waals surface area contributed by atoms with E-state index < -0.39 is 9.84 Å². The summed E-state index contributed by atoms with van der Waals surface area (Å²) >= 11 is 6.08. The maximum absolute atomic E-state index is 11.6. The molecule has 0 fully saturated rings. The van der Waals surface area contributed by atoms with Gasteiger partial charge in [-0.3, -0.25) is 0 Å². The molecule has 1 aromatic heterocycles. The summed E-state index contributed by atoms with van der Waals surface area (Å²) in [5.74, 6) is 0.596. The van der Waals surface area contributed by atoms with Gasteiger partial charge >= 0.3 is 0 Å². The van der Waals surface area contributed by atoms with E-state index in [-0.39, 0.29) is 4.90 Å². The first kappa shape index (κ1) is 13.1. The molecular formula is C14H11ClN2O2S. The van der Waals surface area contributed by atoms with Crippen LogP contribution in [0.15, 0.2) is 47.4 Å². The number of rotatable bonds is 2. The first-order valence-corrected chi connectivity index (χ1v) is 8.17. The number of H-pyrrole nitrogens is 1. The molecule has 0 unspecified atom stereocenters. The van der Waals surface area contributed by atoms with Gasteiger partial charge in [-0.05, 0) is 24.3 Å². The fourth-order valence-electron chi connectivity index (χ4n) is 2.01. The Morgan fingerprint density at radius 2 is 1.90 bits per heavy atom. The zero-order valence-electron chi connectivity index (χ0n) is 10.6. The van der Waals surface area contributed by atoms with E-state index in [4.69, 9.17) is 11.6 Å². The lowest BCUT2D eigenvalue weighted by Gasteiger charge is -2.00. The monoisotopic (exact) mass is 306 g/mol. The van der Waals surface area contributed by atoms with Crippen LogP contribution in [0.4, 0.5) is 0 Å². The SMILES string of the molecule is CS(=O)(=O)c1cccc(-c2nc3c(Cl)cccc3[nH]2)c1. The Morgan fingerprint density at radius 1 is 1.15 bits per heavy atom. The van der Waals surface area contributed by atoms with Crippen LogP contribution < -0.4 is 0 Å². The quantitative estimate of drug-likeness (QED) is 0.790. The van der Waals surface area contributed by atoms with Gasteiger partial charge in [0.2, 0.25) is 0 Å². The molecule has 102 valence electrons. The smallest absolute Gasteiger partial charge is 0.175 e. The molecule has 20 heavy (non-hydrogen) atoms. The minimum atomic E-state index is -3.24. The molecule has 1 heterocycles. The van der Waals surface area contributed by atoms with Crippen LogP contribution in [0.3, 0.4) is 0 Å². The van der Waals surface area contributed by atoms with Gasteiger partial charge in [-0.2, -0.15) is 0 Å². The van der Waals surface area contributed by atoms with Crippen molar-refractivity contribution in [2.45, 2.75) is 4.90 Å². The lowest BCUT2D eigenvalue weighted by atomic mass is 10.2. The highest BCUT2D eigenvalue weighted by Gasteiger charge is 2.11. The normalized spacial score (nSPS) is 11.9. The molecule has 3 rings (SSSR count). The summed E-state index contributed by atoms with van der Waals surface area (Å²) in [5, 5.41) is 0.560. The summed E-state index contributed by atoms with van der Waals surface area (Å²) in [6, 6.07) is 12.1. The van der Waals surface area contributed by atoms with E-state index >= 15 is 0 Å². The molecule has 3 aromatic rings. The topological polar surface area (TPSA) is 62.8 Å². The fourth-order valence-corrected chi connectivity index (χ4v) is 2.89. The summed E-state index contributed by atoms with van der Waals surface area (Å²) in [5.41, 5.74) is 2.20. The fraction of sp³-hybridized carbons (Fsp3) is 0.0714. The van der Waals surface area contributed by atoms with Crippen molar-refractivity contribution in [1.29, 1.82) is 0 Å². The molecule has 6 heteroatoms. The van der Waals surface area contributed by atoms with Crippen LogP contribution in [-0.2, 0) is 9.84 Å². The molecule has 0 saturated carbocycles. The van der Waals surface area contributed by atoms with Crippen molar-refractivity contribution >= 4 is 32.5 Å². The van der Waals surface area contributed by atoms with E-state index in [1.165, 1.54) is 6.26 Å². The summed E-state index contributed by atoms with van der Waals surface area (Å²) in [6.07, 6.45) is 1.18. The highest BCUT2D eigenvalue weighted by atomic mass is 35.5. The highest BCUT2D eigenvalue weighted by Crippen LogP contribution is 2.26. The van der Waals surface area contributed by atoms with E-state index in [2.05, 4.69) is 9.97 Å². The predicted molar refractivity (Wildman–Crippen MR) is 79.6 cm³/mol. The molecule has 0 bridgehead atoms. The van der Waals surface area contributed by atoms with Crippen LogP contribution in [0.1, 0.15) is 0 Å². The Bertz CT molecular complexity index is 900. The van der Waals surface area contributed by atoms with Gasteiger partial charge in [0.1, 0.15) is 11.3 Å². The number of halogens is 1. The van der Waals surface area contributed by atoms with Crippen molar-refractivity contribution < 1.29 is 8.42 Å². The standard InChI is InChI=1S/C14H11ClN2O2S/c1-20(18,19)10-5-2-4-9(8-10)14-16-12-7-3-6-11(15)13(12)17-14/h2-8H,1H3,(H,16,17). The third-order valence-electron chi connectivity index (χ3n) is 3.00. The van der Waals surface area contributed by atoms with Crippen LogP contribution >= 0.6 is 11.6 Å². The van der Waals surface area contributed by atoms with Crippen molar-refractivity contribution in [2.75, 3.05) is 6.26 Å². The van der Waals surface area contributed by atoms with E-state index in [0.29, 0.717) is 21.9 Å². The third-order valence-corrected chi connectivity index (χ3v) is 4.41. The second-order valence-corrected chi connectivity index (χ2v) is 6.94. The number of fused-ring (bicyclic) bond motifs is 1. The number of hydrogen-bond acceptors (Lipinski definition) is 3. The van der Waals surface area contributed by atoms with Gasteiger partial charge in [0.05, 0.1) is 15.4 Å². The van der Waals surface area contributed by atoms with E-state index in [0.717, 1.165) is 5.52 Å². The number of aromatic amines is 1. The number of nitrogens with one attached hydrogen (secondary N) is 1. The summed E-state index contributed by atoms with van der Waals surface area (Å²) in [7, 11) is -3.24. The van der Waals surface area contributed by atoms with Crippen molar-refractivity contribution in [3.8, 4) is 11.4 Å². The second-order valence-electron chi connectivity index (χ2n) is 4.52. The average molecular weight is 307 g/mol. The number of imidazole rings is 1. The molecule has 1 N–H and O–H groups in total. The first-order valence-electron chi connectivity index (χ1n) is 5.90. The van der Waals surface area contributed by atoms with Gasteiger partial charge < -0.3 is 4.98 Å². The molecule has 0 aliphatic heterocycles. The lowest BCUT2D eigenvalue weighted by Crippen LogP contribution is -1.97. The van der Waals surface area contributed by atoms with E-state index in [1.807, 2.05) is 12.1 Å². The van der Waals surface area contributed by atoms with Crippen molar-refractivity contribution in [2.24, 2.45) is 0 Å². The molecule has 2 aromatic carbocycles. The highest BCUT2D eigenvalue weighted by molar-refractivity contribution is 7.90. The summed E-state index contributed by atoms with van der Waals surface area (Å²) in [6.45, 7) is 0. The number of hydrogen-bond donors (Lipinski definition) is 1. The summed E-state index contributed by atoms with van der Waals surface area (Å²) < 4.78 is 23.2. The van der Waals surface area contributed by atoms with E-state index in [9.17, 15) is 8.42 Å². The third kappa shape index (κ3) is 2.30. The van der Waals surface area contributed by atoms with Crippen LogP contribution in [0.5, 0.6) is 0 Å². The maximum Gasteiger partial charge on any atom is 0.175 e. The van der Waals surface area contributed by atoms with Gasteiger partial charge in [-0.1, -0.05) is 29.8 Å². The number of aromatic nitrogens is 2. The predicted octanol–water partition coefficient (Wildman–Crippen LogP) is 3.29. The Labute approximate surface area is 121 Å². The molecular weight excluding hydrogens is 296 g/mol. The van der Waals surface area contributed by atoms with Crippen LogP contribution in [-0.4, -0.2) is 24.6 Å². The maximum atomic E-state index is 11.6.